The van der Waals surface area contributed by atoms with Crippen LogP contribution in [0.25, 0.3) is 0 Å². The Kier molecular flexibility index (Phi) is 6.57. The van der Waals surface area contributed by atoms with E-state index in [1.807, 2.05) is 14.0 Å². The van der Waals surface area contributed by atoms with Crippen molar-refractivity contribution in [2.75, 3.05) is 33.3 Å². The number of halogens is 1. The summed E-state index contributed by atoms with van der Waals surface area (Å²) in [5.74, 6) is 2.01. The van der Waals surface area contributed by atoms with Crippen LogP contribution in [0.3, 0.4) is 0 Å². The number of aliphatic imine (C=N–C) groups is 1. The van der Waals surface area contributed by atoms with E-state index in [0.717, 1.165) is 44.4 Å². The number of likely N-dealkylation sites (tertiary alicyclic amines) is 1. The second-order valence-corrected chi connectivity index (χ2v) is 7.05. The number of piperidine rings is 1. The molecule has 0 amide bonds. The molecule has 0 atom stereocenters. The molecule has 132 valence electrons. The van der Waals surface area contributed by atoms with E-state index in [1.165, 1.54) is 25.7 Å². The van der Waals surface area contributed by atoms with Crippen LogP contribution in [0.1, 0.15) is 45.4 Å². The van der Waals surface area contributed by atoms with Crippen LogP contribution in [0.4, 0.5) is 0 Å². The van der Waals surface area contributed by atoms with Crippen LogP contribution >= 0.6 is 24.0 Å². The first-order valence-electron chi connectivity index (χ1n) is 8.81. The number of nitrogens with one attached hydrogen (secondary N) is 1. The number of hydrogen-bond donors (Lipinski definition) is 1. The summed E-state index contributed by atoms with van der Waals surface area (Å²) in [5.41, 5.74) is 0.583. The summed E-state index contributed by atoms with van der Waals surface area (Å²) >= 11 is 0. The van der Waals surface area contributed by atoms with Crippen molar-refractivity contribution in [2.24, 2.45) is 22.2 Å². The lowest BCUT2D eigenvalue weighted by atomic mass is 9.97. The molecule has 3 fully saturated rings. The number of carbonyl (C=O) groups is 1. The molecule has 3 rings (SSSR count). The molecule has 2 aliphatic carbocycles. The van der Waals surface area contributed by atoms with Crippen molar-refractivity contribution in [1.29, 1.82) is 0 Å². The van der Waals surface area contributed by atoms with E-state index in [9.17, 15) is 4.79 Å². The van der Waals surface area contributed by atoms with Crippen molar-refractivity contribution in [3.8, 4) is 0 Å². The molecule has 23 heavy (non-hydrogen) atoms. The van der Waals surface area contributed by atoms with Gasteiger partial charge in [-0.25, -0.2) is 0 Å². The Hall–Kier alpha value is -0.530. The van der Waals surface area contributed by atoms with Gasteiger partial charge in [0.1, 0.15) is 0 Å². The fourth-order valence-corrected chi connectivity index (χ4v) is 3.76. The zero-order chi connectivity index (χ0) is 15.6. The van der Waals surface area contributed by atoms with Gasteiger partial charge in [-0.15, -0.1) is 24.0 Å². The van der Waals surface area contributed by atoms with Crippen LogP contribution in [0, 0.1) is 17.3 Å². The highest BCUT2D eigenvalue weighted by Crippen LogP contribution is 2.60. The Morgan fingerprint density at radius 3 is 2.39 bits per heavy atom. The molecule has 0 aromatic carbocycles. The summed E-state index contributed by atoms with van der Waals surface area (Å²) in [6.45, 7) is 5.19. The van der Waals surface area contributed by atoms with Crippen LogP contribution in [0.2, 0.25) is 0 Å². The summed E-state index contributed by atoms with van der Waals surface area (Å²) in [6.07, 6.45) is 7.34. The number of carbonyl (C=O) groups excluding carboxylic acids is 1. The first kappa shape index (κ1) is 18.8. The van der Waals surface area contributed by atoms with Gasteiger partial charge in [-0.3, -0.25) is 9.79 Å². The molecule has 2 saturated carbocycles. The number of hydrogen-bond acceptors (Lipinski definition) is 3. The molecule has 5 nitrogen and oxygen atoms in total. The van der Waals surface area contributed by atoms with Gasteiger partial charge < -0.3 is 15.0 Å². The third-order valence-electron chi connectivity index (χ3n) is 5.56. The molecular formula is C17H30IN3O2. The topological polar surface area (TPSA) is 53.9 Å². The minimum absolute atomic E-state index is 0. The standard InChI is InChI=1S/C17H29N3O2.HI/c1-3-22-15(21)13-6-10-20(11-7-13)16(18-2)19-12-17(8-9-17)14-4-5-14;/h13-14H,3-12H2,1-2H3,(H,18,19);1H. The quantitative estimate of drug-likeness (QED) is 0.312. The minimum atomic E-state index is -0.0317. The van der Waals surface area contributed by atoms with Crippen LogP contribution in [0.15, 0.2) is 4.99 Å². The summed E-state index contributed by atoms with van der Waals surface area (Å²) in [6, 6.07) is 0. The van der Waals surface area contributed by atoms with Crippen molar-refractivity contribution in [2.45, 2.75) is 45.4 Å². The Labute approximate surface area is 156 Å². The molecule has 0 spiro atoms. The van der Waals surface area contributed by atoms with Crippen LogP contribution in [0.5, 0.6) is 0 Å². The largest absolute Gasteiger partial charge is 0.466 e. The van der Waals surface area contributed by atoms with E-state index in [4.69, 9.17) is 4.74 Å². The smallest absolute Gasteiger partial charge is 0.309 e. The molecule has 0 bridgehead atoms. The Bertz CT molecular complexity index is 439. The molecule has 1 heterocycles. The molecule has 0 aromatic rings. The fourth-order valence-electron chi connectivity index (χ4n) is 3.76. The molecule has 0 unspecified atom stereocenters. The number of esters is 1. The first-order valence-corrected chi connectivity index (χ1v) is 8.81. The maximum atomic E-state index is 11.8. The second-order valence-electron chi connectivity index (χ2n) is 7.05. The van der Waals surface area contributed by atoms with Crippen molar-refractivity contribution < 1.29 is 9.53 Å². The van der Waals surface area contributed by atoms with Gasteiger partial charge in [0.05, 0.1) is 12.5 Å². The highest BCUT2D eigenvalue weighted by atomic mass is 127. The normalized spacial score (nSPS) is 23.9. The lowest BCUT2D eigenvalue weighted by molar-refractivity contribution is -0.149. The van der Waals surface area contributed by atoms with Crippen molar-refractivity contribution >= 4 is 35.9 Å². The molecule has 0 radical (unpaired) electrons. The molecular weight excluding hydrogens is 405 g/mol. The summed E-state index contributed by atoms with van der Waals surface area (Å²) < 4.78 is 5.13. The van der Waals surface area contributed by atoms with Crippen LogP contribution in [-0.2, 0) is 9.53 Å². The Balaban J connectivity index is 0.00000192. The Morgan fingerprint density at radius 2 is 1.91 bits per heavy atom. The van der Waals surface area contributed by atoms with E-state index >= 15 is 0 Å². The lowest BCUT2D eigenvalue weighted by Crippen LogP contribution is -2.48. The SMILES string of the molecule is CCOC(=O)C1CCN(C(=NC)NCC2(C3CC3)CC2)CC1.I. The molecule has 1 saturated heterocycles. The molecule has 6 heteroatoms. The van der Waals surface area contributed by atoms with Gasteiger partial charge >= 0.3 is 5.97 Å². The molecule has 1 aliphatic heterocycles. The predicted octanol–water partition coefficient (Wildman–Crippen LogP) is 2.65. The number of guanidine groups is 1. The average Bonchev–Trinajstić information content (AvgIpc) is 3.41. The van der Waals surface area contributed by atoms with E-state index in [1.54, 1.807) is 0 Å². The summed E-state index contributed by atoms with van der Waals surface area (Å²) in [7, 11) is 1.86. The van der Waals surface area contributed by atoms with Crippen molar-refractivity contribution in [3.05, 3.63) is 0 Å². The third kappa shape index (κ3) is 4.51. The molecule has 3 aliphatic rings. The van der Waals surface area contributed by atoms with Crippen molar-refractivity contribution in [3.63, 3.8) is 0 Å². The zero-order valence-corrected chi connectivity index (χ0v) is 16.7. The summed E-state index contributed by atoms with van der Waals surface area (Å²) in [5, 5.41) is 3.59. The highest BCUT2D eigenvalue weighted by Gasteiger charge is 2.53. The number of nitrogens with zero attached hydrogens (tertiary/aromatic N) is 2. The van der Waals surface area contributed by atoms with Gasteiger partial charge in [0.25, 0.3) is 0 Å². The zero-order valence-electron chi connectivity index (χ0n) is 14.3. The maximum absolute atomic E-state index is 11.8. The predicted molar refractivity (Wildman–Crippen MR) is 102 cm³/mol. The van der Waals surface area contributed by atoms with Crippen molar-refractivity contribution in [1.82, 2.24) is 10.2 Å². The number of ether oxygens (including phenoxy) is 1. The highest BCUT2D eigenvalue weighted by molar-refractivity contribution is 14.0. The average molecular weight is 435 g/mol. The van der Waals surface area contributed by atoms with Gasteiger partial charge in [-0.2, -0.15) is 0 Å². The van der Waals surface area contributed by atoms with E-state index in [0.29, 0.717) is 12.0 Å². The summed E-state index contributed by atoms with van der Waals surface area (Å²) in [4.78, 5) is 18.5. The van der Waals surface area contributed by atoms with E-state index in [-0.39, 0.29) is 35.9 Å². The monoisotopic (exact) mass is 435 g/mol. The van der Waals surface area contributed by atoms with Gasteiger partial charge in [0, 0.05) is 26.7 Å². The van der Waals surface area contributed by atoms with Crippen LogP contribution < -0.4 is 5.32 Å². The van der Waals surface area contributed by atoms with Gasteiger partial charge in [-0.05, 0) is 56.8 Å². The third-order valence-corrected chi connectivity index (χ3v) is 5.56. The molecule has 1 N–H and O–H groups in total. The molecule has 0 aromatic heterocycles. The first-order chi connectivity index (χ1) is 10.7. The number of rotatable bonds is 5. The lowest BCUT2D eigenvalue weighted by Gasteiger charge is -2.34. The second kappa shape index (κ2) is 8.03. The van der Waals surface area contributed by atoms with Gasteiger partial charge in [-0.1, -0.05) is 0 Å². The fraction of sp³-hybridized carbons (Fsp3) is 0.882. The van der Waals surface area contributed by atoms with Gasteiger partial charge in [0.15, 0.2) is 5.96 Å². The van der Waals surface area contributed by atoms with E-state index in [2.05, 4.69) is 15.2 Å². The Morgan fingerprint density at radius 1 is 1.26 bits per heavy atom. The van der Waals surface area contributed by atoms with E-state index < -0.39 is 0 Å². The van der Waals surface area contributed by atoms with Crippen LogP contribution in [-0.4, -0.2) is 50.1 Å². The van der Waals surface area contributed by atoms with Gasteiger partial charge in [0.2, 0.25) is 0 Å². The minimum Gasteiger partial charge on any atom is -0.466 e. The maximum Gasteiger partial charge on any atom is 0.309 e.